The third kappa shape index (κ3) is 4.03. The van der Waals surface area contributed by atoms with Crippen LogP contribution in [0.1, 0.15) is 68.3 Å². The van der Waals surface area contributed by atoms with E-state index in [1.54, 1.807) is 25.3 Å². The second-order valence-corrected chi connectivity index (χ2v) is 7.85. The number of hydrogen-bond acceptors (Lipinski definition) is 4. The number of rotatable bonds is 7. The van der Waals surface area contributed by atoms with E-state index in [0.717, 1.165) is 31.4 Å². The molecule has 1 aromatic carbocycles. The highest BCUT2D eigenvalue weighted by Gasteiger charge is 2.56. The van der Waals surface area contributed by atoms with Crippen LogP contribution in [0.4, 0.5) is 0 Å². The molecule has 2 atom stereocenters. The Balaban J connectivity index is 1.69. The Hall–Kier alpha value is -1.88. The van der Waals surface area contributed by atoms with Crippen molar-refractivity contribution in [2.45, 2.75) is 70.9 Å². The molecule has 3 rings (SSSR count). The monoisotopic (exact) mass is 373 g/mol. The van der Waals surface area contributed by atoms with Gasteiger partial charge in [-0.25, -0.2) is 0 Å². The van der Waals surface area contributed by atoms with Crippen LogP contribution in [0.5, 0.6) is 5.75 Å². The number of hydrogen-bond donors (Lipinski definition) is 1. The fourth-order valence-corrected chi connectivity index (χ4v) is 4.82. The number of carbonyl (C=O) groups is 2. The summed E-state index contributed by atoms with van der Waals surface area (Å²) in [5, 5.41) is 3.25. The lowest BCUT2D eigenvalue weighted by atomic mass is 9.55. The van der Waals surface area contributed by atoms with Crippen LogP contribution < -0.4 is 10.1 Å². The first-order valence-electron chi connectivity index (χ1n) is 10.1. The quantitative estimate of drug-likeness (QED) is 0.741. The van der Waals surface area contributed by atoms with Gasteiger partial charge in [0.25, 0.3) is 0 Å². The lowest BCUT2D eigenvalue weighted by Gasteiger charge is -2.57. The van der Waals surface area contributed by atoms with Crippen LogP contribution in [-0.2, 0) is 16.0 Å². The molecule has 2 aliphatic carbocycles. The summed E-state index contributed by atoms with van der Waals surface area (Å²) in [7, 11) is 1.58. The molecule has 0 radical (unpaired) electrons. The maximum absolute atomic E-state index is 12.8. The predicted molar refractivity (Wildman–Crippen MR) is 104 cm³/mol. The highest BCUT2D eigenvalue weighted by Crippen LogP contribution is 2.53. The molecule has 1 N–H and O–H groups in total. The van der Waals surface area contributed by atoms with Crippen LogP contribution in [0, 0.1) is 5.41 Å². The first-order chi connectivity index (χ1) is 13.0. The zero-order valence-electron chi connectivity index (χ0n) is 16.7. The minimum absolute atomic E-state index is 0.0148. The largest absolute Gasteiger partial charge is 0.496 e. The molecule has 148 valence electrons. The SMILES string of the molecule is CCO[C@H]1C[C@@H](NC(=O)Cc2cc(C(C)=O)ccc2OC)C12CCCCC2. The third-order valence-corrected chi connectivity index (χ3v) is 6.31. The number of ether oxygens (including phenoxy) is 2. The highest BCUT2D eigenvalue weighted by atomic mass is 16.5. The number of methoxy groups -OCH3 is 1. The van der Waals surface area contributed by atoms with E-state index >= 15 is 0 Å². The molecule has 0 heterocycles. The smallest absolute Gasteiger partial charge is 0.224 e. The molecule has 0 aliphatic heterocycles. The van der Waals surface area contributed by atoms with Gasteiger partial charge in [0.2, 0.25) is 5.91 Å². The van der Waals surface area contributed by atoms with Gasteiger partial charge in [-0.2, -0.15) is 0 Å². The molecule has 27 heavy (non-hydrogen) atoms. The third-order valence-electron chi connectivity index (χ3n) is 6.31. The van der Waals surface area contributed by atoms with Gasteiger partial charge in [-0.15, -0.1) is 0 Å². The standard InChI is InChI=1S/C22H31NO4/c1-4-27-20-14-19(22(20)10-6-5-7-11-22)23-21(25)13-17-12-16(15(2)24)8-9-18(17)26-3/h8-9,12,19-20H,4-7,10-11,13-14H2,1-3H3,(H,23,25)/t19-,20+/m1/s1. The molecular weight excluding hydrogens is 342 g/mol. The fraction of sp³-hybridized carbons (Fsp3) is 0.636. The normalized spacial score (nSPS) is 23.5. The molecule has 2 aliphatic rings. The van der Waals surface area contributed by atoms with Crippen LogP contribution in [0.25, 0.3) is 0 Å². The van der Waals surface area contributed by atoms with E-state index in [0.29, 0.717) is 11.3 Å². The molecule has 2 fully saturated rings. The van der Waals surface area contributed by atoms with Gasteiger partial charge in [-0.05, 0) is 51.3 Å². The molecule has 0 unspecified atom stereocenters. The summed E-state index contributed by atoms with van der Waals surface area (Å²) < 4.78 is 11.3. The minimum atomic E-state index is -0.0149. The Kier molecular flexibility index (Phi) is 6.20. The molecule has 5 nitrogen and oxygen atoms in total. The van der Waals surface area contributed by atoms with E-state index < -0.39 is 0 Å². The van der Waals surface area contributed by atoms with E-state index in [1.807, 2.05) is 6.92 Å². The van der Waals surface area contributed by atoms with E-state index in [9.17, 15) is 9.59 Å². The zero-order valence-corrected chi connectivity index (χ0v) is 16.7. The Morgan fingerprint density at radius 2 is 1.96 bits per heavy atom. The van der Waals surface area contributed by atoms with Gasteiger partial charge >= 0.3 is 0 Å². The van der Waals surface area contributed by atoms with Gasteiger partial charge in [0.05, 0.1) is 19.6 Å². The van der Waals surface area contributed by atoms with Crippen molar-refractivity contribution >= 4 is 11.7 Å². The Morgan fingerprint density at radius 1 is 1.22 bits per heavy atom. The van der Waals surface area contributed by atoms with Crippen molar-refractivity contribution in [1.29, 1.82) is 0 Å². The number of nitrogens with one attached hydrogen (secondary N) is 1. The first kappa shape index (κ1) is 19.9. The van der Waals surface area contributed by atoms with Crippen LogP contribution in [0.3, 0.4) is 0 Å². The van der Waals surface area contributed by atoms with Crippen LogP contribution in [0.2, 0.25) is 0 Å². The summed E-state index contributed by atoms with van der Waals surface area (Å²) in [4.78, 5) is 24.4. The van der Waals surface area contributed by atoms with Crippen LogP contribution in [-0.4, -0.2) is 37.6 Å². The first-order valence-corrected chi connectivity index (χ1v) is 10.1. The number of ketones is 1. The molecule has 1 amide bonds. The Labute approximate surface area is 161 Å². The van der Waals surface area contributed by atoms with Crippen molar-refractivity contribution in [2.24, 2.45) is 5.41 Å². The number of benzene rings is 1. The minimum Gasteiger partial charge on any atom is -0.496 e. The van der Waals surface area contributed by atoms with E-state index in [2.05, 4.69) is 5.32 Å². The summed E-state index contributed by atoms with van der Waals surface area (Å²) >= 11 is 0. The van der Waals surface area contributed by atoms with E-state index in [4.69, 9.17) is 9.47 Å². The second-order valence-electron chi connectivity index (χ2n) is 7.85. The fourth-order valence-electron chi connectivity index (χ4n) is 4.82. The van der Waals surface area contributed by atoms with Gasteiger partial charge in [0.15, 0.2) is 5.78 Å². The maximum atomic E-state index is 12.8. The summed E-state index contributed by atoms with van der Waals surface area (Å²) in [6.07, 6.45) is 7.34. The number of Topliss-reactive ketones (excluding diaryl/α,β-unsaturated/α-hetero) is 1. The average molecular weight is 373 g/mol. The molecule has 1 spiro atoms. The summed E-state index contributed by atoms with van der Waals surface area (Å²) in [6.45, 7) is 4.29. The van der Waals surface area contributed by atoms with Crippen LogP contribution >= 0.6 is 0 Å². The van der Waals surface area contributed by atoms with Gasteiger partial charge in [0.1, 0.15) is 5.75 Å². The van der Waals surface area contributed by atoms with Crippen molar-refractivity contribution in [3.05, 3.63) is 29.3 Å². The average Bonchev–Trinajstić information content (AvgIpc) is 2.67. The predicted octanol–water partition coefficient (Wildman–Crippen LogP) is 3.68. The van der Waals surface area contributed by atoms with Crippen molar-refractivity contribution in [1.82, 2.24) is 5.32 Å². The van der Waals surface area contributed by atoms with E-state index in [1.165, 1.54) is 26.2 Å². The van der Waals surface area contributed by atoms with Crippen molar-refractivity contribution in [3.63, 3.8) is 0 Å². The maximum Gasteiger partial charge on any atom is 0.224 e. The van der Waals surface area contributed by atoms with Crippen molar-refractivity contribution in [3.8, 4) is 5.75 Å². The van der Waals surface area contributed by atoms with Crippen molar-refractivity contribution in [2.75, 3.05) is 13.7 Å². The molecule has 0 aromatic heterocycles. The Bertz CT molecular complexity index is 694. The second kappa shape index (κ2) is 8.42. The molecule has 0 bridgehead atoms. The molecule has 2 saturated carbocycles. The molecule has 5 heteroatoms. The summed E-state index contributed by atoms with van der Waals surface area (Å²) in [5.41, 5.74) is 1.46. The zero-order chi connectivity index (χ0) is 19.4. The van der Waals surface area contributed by atoms with Crippen molar-refractivity contribution < 1.29 is 19.1 Å². The van der Waals surface area contributed by atoms with E-state index in [-0.39, 0.29) is 35.7 Å². The topological polar surface area (TPSA) is 64.6 Å². The Morgan fingerprint density at radius 3 is 2.59 bits per heavy atom. The van der Waals surface area contributed by atoms with Crippen LogP contribution in [0.15, 0.2) is 18.2 Å². The lowest BCUT2D eigenvalue weighted by molar-refractivity contribution is -0.156. The van der Waals surface area contributed by atoms with Gasteiger partial charge < -0.3 is 14.8 Å². The van der Waals surface area contributed by atoms with Gasteiger partial charge in [0, 0.05) is 29.2 Å². The lowest BCUT2D eigenvalue weighted by Crippen LogP contribution is -2.65. The number of amides is 1. The summed E-state index contributed by atoms with van der Waals surface area (Å²) in [5.74, 6) is 0.612. The van der Waals surface area contributed by atoms with Gasteiger partial charge in [-0.3, -0.25) is 9.59 Å². The molecular formula is C22H31NO4. The molecule has 1 aromatic rings. The highest BCUT2D eigenvalue weighted by molar-refractivity contribution is 5.94. The molecule has 0 saturated heterocycles. The van der Waals surface area contributed by atoms with Gasteiger partial charge in [-0.1, -0.05) is 19.3 Å². The number of carbonyl (C=O) groups excluding carboxylic acids is 2. The summed E-state index contributed by atoms with van der Waals surface area (Å²) in [6, 6.07) is 5.44.